The number of fused-ring (bicyclic) bond motifs is 1. The fourth-order valence-electron chi connectivity index (χ4n) is 2.58. The zero-order valence-electron chi connectivity index (χ0n) is 13.7. The molecule has 0 aromatic heterocycles. The highest BCUT2D eigenvalue weighted by Gasteiger charge is 2.37. The minimum Gasteiger partial charge on any atom is -0.383 e. The third kappa shape index (κ3) is 3.76. The van der Waals surface area contributed by atoms with Crippen molar-refractivity contribution >= 4 is 17.7 Å². The number of hydrogen-bond acceptors (Lipinski definition) is 4. The molecule has 6 heteroatoms. The molecule has 124 valence electrons. The first-order chi connectivity index (χ1) is 11.0. The van der Waals surface area contributed by atoms with Gasteiger partial charge in [0.15, 0.2) is 0 Å². The Bertz CT molecular complexity index is 577. The Labute approximate surface area is 136 Å². The molecule has 0 fully saturated rings. The fraction of sp³-hybridized carbons (Fsp3) is 0.471. The summed E-state index contributed by atoms with van der Waals surface area (Å²) < 4.78 is 5.03. The number of benzene rings is 1. The van der Waals surface area contributed by atoms with Gasteiger partial charge >= 0.3 is 0 Å². The van der Waals surface area contributed by atoms with Gasteiger partial charge < -0.3 is 9.64 Å². The van der Waals surface area contributed by atoms with E-state index in [1.54, 1.807) is 36.3 Å². The first-order valence-electron chi connectivity index (χ1n) is 7.67. The van der Waals surface area contributed by atoms with Crippen LogP contribution in [-0.4, -0.2) is 60.9 Å². The first-order valence-corrected chi connectivity index (χ1v) is 7.67. The lowest BCUT2D eigenvalue weighted by atomic mass is 10.1. The van der Waals surface area contributed by atoms with Crippen molar-refractivity contribution in [3.05, 3.63) is 35.4 Å². The van der Waals surface area contributed by atoms with Crippen molar-refractivity contribution in [2.75, 3.05) is 33.4 Å². The Hall–Kier alpha value is -2.21. The molecule has 3 amide bonds. The van der Waals surface area contributed by atoms with E-state index in [0.717, 1.165) is 4.90 Å². The lowest BCUT2D eigenvalue weighted by Crippen LogP contribution is -2.45. The van der Waals surface area contributed by atoms with Gasteiger partial charge in [-0.3, -0.25) is 19.3 Å². The van der Waals surface area contributed by atoms with Crippen LogP contribution in [0.3, 0.4) is 0 Å². The van der Waals surface area contributed by atoms with Gasteiger partial charge in [0, 0.05) is 20.2 Å². The zero-order valence-corrected chi connectivity index (χ0v) is 13.7. The third-order valence-electron chi connectivity index (χ3n) is 3.68. The summed E-state index contributed by atoms with van der Waals surface area (Å²) in [6.07, 6.45) is 0. The number of hydrogen-bond donors (Lipinski definition) is 0. The van der Waals surface area contributed by atoms with Crippen LogP contribution < -0.4 is 0 Å². The van der Waals surface area contributed by atoms with E-state index >= 15 is 0 Å². The average molecular weight is 318 g/mol. The smallest absolute Gasteiger partial charge is 0.262 e. The molecule has 0 aliphatic carbocycles. The largest absolute Gasteiger partial charge is 0.383 e. The number of methoxy groups -OCH3 is 1. The minimum absolute atomic E-state index is 0.233. The molecular weight excluding hydrogens is 296 g/mol. The number of carbonyl (C=O) groups excluding carboxylic acids is 3. The molecule has 0 N–H and O–H groups in total. The maximum absolute atomic E-state index is 12.5. The Balaban J connectivity index is 2.10. The summed E-state index contributed by atoms with van der Waals surface area (Å²) in [7, 11) is 1.57. The number of amides is 3. The molecule has 0 saturated carbocycles. The number of nitrogens with zero attached hydrogens (tertiary/aromatic N) is 2. The van der Waals surface area contributed by atoms with Crippen LogP contribution in [0, 0.1) is 5.92 Å². The second-order valence-corrected chi connectivity index (χ2v) is 5.97. The monoisotopic (exact) mass is 318 g/mol. The van der Waals surface area contributed by atoms with Crippen molar-refractivity contribution in [3.63, 3.8) is 0 Å². The summed E-state index contributed by atoms with van der Waals surface area (Å²) in [5.41, 5.74) is 0.718. The summed E-state index contributed by atoms with van der Waals surface area (Å²) in [5, 5.41) is 0. The summed E-state index contributed by atoms with van der Waals surface area (Å²) in [6, 6.07) is 6.63. The molecule has 6 nitrogen and oxygen atoms in total. The Morgan fingerprint density at radius 3 is 2.22 bits per heavy atom. The van der Waals surface area contributed by atoms with Crippen molar-refractivity contribution in [1.29, 1.82) is 0 Å². The molecule has 1 aromatic rings. The first kappa shape index (κ1) is 17.1. The number of imide groups is 1. The second kappa shape index (κ2) is 7.37. The van der Waals surface area contributed by atoms with Crippen LogP contribution in [0.4, 0.5) is 0 Å². The molecule has 0 spiro atoms. The molecule has 0 bridgehead atoms. The van der Waals surface area contributed by atoms with Crippen molar-refractivity contribution in [2.24, 2.45) is 5.92 Å². The maximum Gasteiger partial charge on any atom is 0.262 e. The normalized spacial score (nSPS) is 13.7. The highest BCUT2D eigenvalue weighted by Crippen LogP contribution is 2.22. The van der Waals surface area contributed by atoms with Crippen LogP contribution >= 0.6 is 0 Å². The molecule has 2 rings (SSSR count). The number of ether oxygens (including phenoxy) is 1. The lowest BCUT2D eigenvalue weighted by molar-refractivity contribution is -0.132. The fourth-order valence-corrected chi connectivity index (χ4v) is 2.58. The molecule has 0 radical (unpaired) electrons. The minimum atomic E-state index is -0.407. The van der Waals surface area contributed by atoms with Gasteiger partial charge in [0.1, 0.15) is 6.54 Å². The SMILES string of the molecule is COCCN(CC(C)C)C(=O)CN1C(=O)c2ccccc2C1=O. The lowest BCUT2D eigenvalue weighted by Gasteiger charge is -2.26. The Morgan fingerprint density at radius 1 is 1.17 bits per heavy atom. The molecule has 0 unspecified atom stereocenters. The van der Waals surface area contributed by atoms with Gasteiger partial charge in [-0.05, 0) is 18.1 Å². The topological polar surface area (TPSA) is 66.9 Å². The molecule has 0 atom stereocenters. The zero-order chi connectivity index (χ0) is 17.0. The van der Waals surface area contributed by atoms with Crippen LogP contribution in [0.25, 0.3) is 0 Å². The van der Waals surface area contributed by atoms with Crippen LogP contribution in [-0.2, 0) is 9.53 Å². The van der Waals surface area contributed by atoms with E-state index in [1.165, 1.54) is 0 Å². The van der Waals surface area contributed by atoms with Gasteiger partial charge in [0.25, 0.3) is 11.8 Å². The van der Waals surface area contributed by atoms with E-state index in [4.69, 9.17) is 4.74 Å². The Morgan fingerprint density at radius 2 is 1.74 bits per heavy atom. The maximum atomic E-state index is 12.5. The van der Waals surface area contributed by atoms with Gasteiger partial charge in [-0.25, -0.2) is 0 Å². The van der Waals surface area contributed by atoms with Crippen molar-refractivity contribution in [3.8, 4) is 0 Å². The number of rotatable bonds is 7. The van der Waals surface area contributed by atoms with Gasteiger partial charge in [-0.1, -0.05) is 26.0 Å². The average Bonchev–Trinajstić information content (AvgIpc) is 2.76. The van der Waals surface area contributed by atoms with Gasteiger partial charge in [0.05, 0.1) is 17.7 Å². The van der Waals surface area contributed by atoms with Crippen LogP contribution in [0.1, 0.15) is 34.6 Å². The molecule has 1 aromatic carbocycles. The van der Waals surface area contributed by atoms with E-state index < -0.39 is 11.8 Å². The summed E-state index contributed by atoms with van der Waals surface area (Å²) >= 11 is 0. The van der Waals surface area contributed by atoms with Gasteiger partial charge in [-0.2, -0.15) is 0 Å². The van der Waals surface area contributed by atoms with Crippen molar-refractivity contribution in [1.82, 2.24) is 9.80 Å². The molecule has 1 aliphatic heterocycles. The van der Waals surface area contributed by atoms with Crippen molar-refractivity contribution in [2.45, 2.75) is 13.8 Å². The van der Waals surface area contributed by atoms with Crippen molar-refractivity contribution < 1.29 is 19.1 Å². The standard InChI is InChI=1S/C17H22N2O4/c1-12(2)10-18(8-9-23-3)15(20)11-19-16(21)13-6-4-5-7-14(13)17(19)22/h4-7,12H,8-11H2,1-3H3. The molecule has 0 saturated heterocycles. The highest BCUT2D eigenvalue weighted by molar-refractivity contribution is 6.22. The quantitative estimate of drug-likeness (QED) is 0.713. The number of carbonyl (C=O) groups is 3. The predicted molar refractivity (Wildman–Crippen MR) is 85.1 cm³/mol. The third-order valence-corrected chi connectivity index (χ3v) is 3.68. The van der Waals surface area contributed by atoms with Crippen LogP contribution in [0.2, 0.25) is 0 Å². The summed E-state index contributed by atoms with van der Waals surface area (Å²) in [5.74, 6) is -0.770. The van der Waals surface area contributed by atoms with Gasteiger partial charge in [0.2, 0.25) is 5.91 Å². The van der Waals surface area contributed by atoms with E-state index in [0.29, 0.717) is 30.8 Å². The van der Waals surface area contributed by atoms with E-state index in [9.17, 15) is 14.4 Å². The van der Waals surface area contributed by atoms with Gasteiger partial charge in [-0.15, -0.1) is 0 Å². The molecule has 1 heterocycles. The Kier molecular flexibility index (Phi) is 5.50. The van der Waals surface area contributed by atoms with E-state index in [2.05, 4.69) is 0 Å². The summed E-state index contributed by atoms with van der Waals surface area (Å²) in [4.78, 5) is 39.8. The molecule has 23 heavy (non-hydrogen) atoms. The van der Waals surface area contributed by atoms with Crippen LogP contribution in [0.15, 0.2) is 24.3 Å². The second-order valence-electron chi connectivity index (χ2n) is 5.97. The molecular formula is C17H22N2O4. The summed E-state index contributed by atoms with van der Waals surface area (Å²) in [6.45, 7) is 5.20. The molecule has 1 aliphatic rings. The van der Waals surface area contributed by atoms with Crippen LogP contribution in [0.5, 0.6) is 0 Å². The highest BCUT2D eigenvalue weighted by atomic mass is 16.5. The van der Waals surface area contributed by atoms with E-state index in [1.807, 2.05) is 13.8 Å². The predicted octanol–water partition coefficient (Wildman–Crippen LogP) is 1.41. The van der Waals surface area contributed by atoms with E-state index in [-0.39, 0.29) is 18.4 Å².